The summed E-state index contributed by atoms with van der Waals surface area (Å²) in [6.07, 6.45) is -8.59. The van der Waals surface area contributed by atoms with E-state index in [2.05, 4.69) is 4.98 Å². The molecule has 0 spiro atoms. The lowest BCUT2D eigenvalue weighted by Gasteiger charge is -2.18. The van der Waals surface area contributed by atoms with Gasteiger partial charge in [-0.15, -0.1) is 0 Å². The summed E-state index contributed by atoms with van der Waals surface area (Å²) in [5.41, 5.74) is 2.13. The van der Waals surface area contributed by atoms with Crippen molar-refractivity contribution >= 4 is 0 Å². The number of halogens is 7. The number of alkyl halides is 6. The molecule has 0 aliphatic heterocycles. The second-order valence-corrected chi connectivity index (χ2v) is 4.65. The summed E-state index contributed by atoms with van der Waals surface area (Å²) < 4.78 is 89.7. The summed E-state index contributed by atoms with van der Waals surface area (Å²) in [6.45, 7) is 0. The number of aromatic nitrogens is 1. The fourth-order valence-corrected chi connectivity index (χ4v) is 2.02. The third-order valence-electron chi connectivity index (χ3n) is 3.10. The van der Waals surface area contributed by atoms with Crippen molar-refractivity contribution in [1.82, 2.24) is 4.98 Å². The maximum atomic E-state index is 13.5. The minimum atomic E-state index is -4.91. The highest BCUT2D eigenvalue weighted by Crippen LogP contribution is 2.36. The molecule has 2 aromatic rings. The van der Waals surface area contributed by atoms with Gasteiger partial charge in [0, 0.05) is 6.20 Å². The van der Waals surface area contributed by atoms with Gasteiger partial charge in [-0.05, 0) is 29.8 Å². The second kappa shape index (κ2) is 5.80. The lowest BCUT2D eigenvalue weighted by Crippen LogP contribution is -2.20. The first-order valence-electron chi connectivity index (χ1n) is 6.16. The number of pyridine rings is 1. The predicted octanol–water partition coefficient (Wildman–Crippen LogP) is 4.31. The Morgan fingerprint density at radius 3 is 2.04 bits per heavy atom. The first-order valence-corrected chi connectivity index (χ1v) is 6.16. The first-order chi connectivity index (χ1) is 10.5. The standard InChI is InChI=1S/C14H9F7N2/c15-10-6-7(3-4-8(10)13(16,17)18)11(22)12-9(14(19,20)21)2-1-5-23-12/h1-6,11H,22H2. The first kappa shape index (κ1) is 17.2. The van der Waals surface area contributed by atoms with Gasteiger partial charge in [0.05, 0.1) is 22.9 Å². The van der Waals surface area contributed by atoms with Gasteiger partial charge in [0.1, 0.15) is 5.82 Å². The molecule has 1 heterocycles. The molecule has 0 radical (unpaired) electrons. The van der Waals surface area contributed by atoms with E-state index in [0.717, 1.165) is 24.4 Å². The molecule has 9 heteroatoms. The van der Waals surface area contributed by atoms with Crippen LogP contribution in [0.5, 0.6) is 0 Å². The molecule has 1 atom stereocenters. The van der Waals surface area contributed by atoms with Crippen molar-refractivity contribution in [3.05, 3.63) is 64.7 Å². The van der Waals surface area contributed by atoms with Gasteiger partial charge in [-0.25, -0.2) is 4.39 Å². The average molecular weight is 338 g/mol. The van der Waals surface area contributed by atoms with Crippen molar-refractivity contribution in [3.63, 3.8) is 0 Å². The van der Waals surface area contributed by atoms with Crippen LogP contribution in [0, 0.1) is 5.82 Å². The van der Waals surface area contributed by atoms with Crippen LogP contribution < -0.4 is 5.73 Å². The Hall–Kier alpha value is -2.16. The van der Waals surface area contributed by atoms with Crippen LogP contribution in [-0.4, -0.2) is 4.98 Å². The van der Waals surface area contributed by atoms with E-state index in [4.69, 9.17) is 5.73 Å². The molecule has 1 unspecified atom stereocenters. The number of rotatable bonds is 2. The minimum Gasteiger partial charge on any atom is -0.319 e. The van der Waals surface area contributed by atoms with E-state index >= 15 is 0 Å². The van der Waals surface area contributed by atoms with Crippen LogP contribution in [-0.2, 0) is 12.4 Å². The van der Waals surface area contributed by atoms with Crippen LogP contribution in [0.25, 0.3) is 0 Å². The molecule has 0 fully saturated rings. The highest BCUT2D eigenvalue weighted by molar-refractivity contribution is 5.36. The van der Waals surface area contributed by atoms with E-state index in [1.807, 2.05) is 0 Å². The number of nitrogens with two attached hydrogens (primary N) is 1. The summed E-state index contributed by atoms with van der Waals surface area (Å²) >= 11 is 0. The summed E-state index contributed by atoms with van der Waals surface area (Å²) in [5.74, 6) is -1.62. The van der Waals surface area contributed by atoms with Gasteiger partial charge >= 0.3 is 12.4 Å². The number of benzene rings is 1. The van der Waals surface area contributed by atoms with Gasteiger partial charge in [0.25, 0.3) is 0 Å². The lowest BCUT2D eigenvalue weighted by molar-refractivity contribution is -0.140. The highest BCUT2D eigenvalue weighted by atomic mass is 19.4. The Morgan fingerprint density at radius 2 is 1.52 bits per heavy atom. The Kier molecular flexibility index (Phi) is 4.34. The molecule has 23 heavy (non-hydrogen) atoms. The normalized spacial score (nSPS) is 13.9. The topological polar surface area (TPSA) is 38.9 Å². The predicted molar refractivity (Wildman–Crippen MR) is 66.7 cm³/mol. The summed E-state index contributed by atoms with van der Waals surface area (Å²) in [5, 5.41) is 0. The molecule has 1 aromatic heterocycles. The minimum absolute atomic E-state index is 0.250. The van der Waals surface area contributed by atoms with Crippen molar-refractivity contribution in [2.45, 2.75) is 18.4 Å². The molecular weight excluding hydrogens is 329 g/mol. The zero-order chi connectivity index (χ0) is 17.4. The van der Waals surface area contributed by atoms with Gasteiger partial charge in [-0.2, -0.15) is 26.3 Å². The van der Waals surface area contributed by atoms with E-state index in [-0.39, 0.29) is 5.56 Å². The van der Waals surface area contributed by atoms with Crippen molar-refractivity contribution in [2.24, 2.45) is 5.73 Å². The third kappa shape index (κ3) is 3.61. The van der Waals surface area contributed by atoms with E-state index in [1.54, 1.807) is 0 Å². The van der Waals surface area contributed by atoms with E-state index < -0.39 is 41.0 Å². The molecule has 124 valence electrons. The van der Waals surface area contributed by atoms with Crippen molar-refractivity contribution in [1.29, 1.82) is 0 Å². The molecule has 1 aromatic carbocycles. The summed E-state index contributed by atoms with van der Waals surface area (Å²) in [6, 6.07) is 1.98. The number of hydrogen-bond donors (Lipinski definition) is 1. The highest BCUT2D eigenvalue weighted by Gasteiger charge is 2.37. The Morgan fingerprint density at radius 1 is 0.913 bits per heavy atom. The Balaban J connectivity index is 2.47. The molecule has 0 aliphatic carbocycles. The zero-order valence-electron chi connectivity index (χ0n) is 11.2. The molecule has 0 amide bonds. The average Bonchev–Trinajstić information content (AvgIpc) is 2.44. The van der Waals surface area contributed by atoms with Crippen LogP contribution in [0.1, 0.15) is 28.4 Å². The number of hydrogen-bond acceptors (Lipinski definition) is 2. The molecule has 0 saturated heterocycles. The smallest absolute Gasteiger partial charge is 0.319 e. The molecular formula is C14H9F7N2. The third-order valence-corrected chi connectivity index (χ3v) is 3.10. The lowest BCUT2D eigenvalue weighted by atomic mass is 9.98. The van der Waals surface area contributed by atoms with Gasteiger partial charge < -0.3 is 5.73 Å². The van der Waals surface area contributed by atoms with E-state index in [1.165, 1.54) is 0 Å². The molecule has 2 nitrogen and oxygen atoms in total. The fraction of sp³-hybridized carbons (Fsp3) is 0.214. The molecule has 2 rings (SSSR count). The maximum Gasteiger partial charge on any atom is 0.419 e. The van der Waals surface area contributed by atoms with Crippen LogP contribution >= 0.6 is 0 Å². The summed E-state index contributed by atoms with van der Waals surface area (Å²) in [7, 11) is 0. The molecule has 2 N–H and O–H groups in total. The Bertz CT molecular complexity index is 707. The van der Waals surface area contributed by atoms with Crippen molar-refractivity contribution < 1.29 is 30.7 Å². The largest absolute Gasteiger partial charge is 0.419 e. The zero-order valence-corrected chi connectivity index (χ0v) is 11.2. The second-order valence-electron chi connectivity index (χ2n) is 4.65. The quantitative estimate of drug-likeness (QED) is 0.829. The van der Waals surface area contributed by atoms with Crippen LogP contribution in [0.2, 0.25) is 0 Å². The summed E-state index contributed by atoms with van der Waals surface area (Å²) in [4.78, 5) is 3.53. The monoisotopic (exact) mass is 338 g/mol. The number of nitrogens with zero attached hydrogens (tertiary/aromatic N) is 1. The van der Waals surface area contributed by atoms with Gasteiger partial charge in [0.2, 0.25) is 0 Å². The SMILES string of the molecule is NC(c1ccc(C(F)(F)F)c(F)c1)c1ncccc1C(F)(F)F. The van der Waals surface area contributed by atoms with Crippen molar-refractivity contribution in [2.75, 3.05) is 0 Å². The van der Waals surface area contributed by atoms with Crippen LogP contribution in [0.3, 0.4) is 0 Å². The maximum absolute atomic E-state index is 13.5. The van der Waals surface area contributed by atoms with Gasteiger partial charge in [-0.3, -0.25) is 4.98 Å². The van der Waals surface area contributed by atoms with E-state index in [9.17, 15) is 30.7 Å². The van der Waals surface area contributed by atoms with Crippen LogP contribution in [0.15, 0.2) is 36.5 Å². The van der Waals surface area contributed by atoms with Gasteiger partial charge in [-0.1, -0.05) is 6.07 Å². The molecule has 0 bridgehead atoms. The molecule has 0 aliphatic rings. The Labute approximate surface area is 125 Å². The molecule has 0 saturated carbocycles. The fourth-order valence-electron chi connectivity index (χ4n) is 2.02. The van der Waals surface area contributed by atoms with Crippen LogP contribution in [0.4, 0.5) is 30.7 Å². The van der Waals surface area contributed by atoms with E-state index in [0.29, 0.717) is 12.1 Å². The van der Waals surface area contributed by atoms with Crippen molar-refractivity contribution in [3.8, 4) is 0 Å². The van der Waals surface area contributed by atoms with Gasteiger partial charge in [0.15, 0.2) is 0 Å².